The zero-order valence-electron chi connectivity index (χ0n) is 20.5. The first-order valence-electron chi connectivity index (χ1n) is 11.4. The average Bonchev–Trinajstić information content (AvgIpc) is 2.66. The minimum absolute atomic E-state index is 0.00459. The molecule has 0 saturated heterocycles. The van der Waals surface area contributed by atoms with Crippen LogP contribution in [0.3, 0.4) is 0 Å². The van der Waals surface area contributed by atoms with E-state index in [0.717, 1.165) is 19.3 Å². The van der Waals surface area contributed by atoms with E-state index in [1.807, 2.05) is 20.8 Å². The topological polar surface area (TPSA) is 35.5 Å². The van der Waals surface area contributed by atoms with Gasteiger partial charge in [0.1, 0.15) is 0 Å². The third-order valence-corrected chi connectivity index (χ3v) is 12.5. The number of hydrogen-bond donors (Lipinski definition) is 0. The van der Waals surface area contributed by atoms with Gasteiger partial charge in [0.05, 0.1) is 5.60 Å². The van der Waals surface area contributed by atoms with Crippen molar-refractivity contribution in [2.45, 2.75) is 71.4 Å². The number of unbranched alkanes of at least 4 members (excludes halogenated alkanes) is 2. The van der Waals surface area contributed by atoms with Crippen molar-refractivity contribution >= 4 is 26.1 Å². The summed E-state index contributed by atoms with van der Waals surface area (Å²) >= 11 is 0. The van der Waals surface area contributed by atoms with E-state index < -0.39 is 15.7 Å². The van der Waals surface area contributed by atoms with Crippen molar-refractivity contribution in [3.8, 4) is 0 Å². The van der Waals surface area contributed by atoms with Crippen LogP contribution in [0.1, 0.15) is 60.8 Å². The first-order valence-corrected chi connectivity index (χ1v) is 15.6. The predicted octanol–water partition coefficient (Wildman–Crippen LogP) is 6.46. The Bertz CT molecular complexity index is 799. The lowest BCUT2D eigenvalue weighted by atomic mass is 10.2. The van der Waals surface area contributed by atoms with Crippen molar-refractivity contribution < 1.29 is 13.5 Å². The summed E-state index contributed by atoms with van der Waals surface area (Å²) in [6, 6.07) is 21.5. The number of benzene rings is 2. The standard InChI is InChI=1S/C26H41O3PSi/c1-25(2,3)29-30(7,27)22-16-10-15-21-28-31(26(4,5)6,23-17-11-8-12-18-23)24-19-13-9-14-20-24/h8-9,11-14,17-20H,10,15-16,21-22H2,1-7H3. The Morgan fingerprint density at radius 1 is 0.774 bits per heavy atom. The molecule has 0 aliphatic rings. The summed E-state index contributed by atoms with van der Waals surface area (Å²) in [6.07, 6.45) is 3.47. The third kappa shape index (κ3) is 7.42. The molecule has 0 bridgehead atoms. The fraction of sp³-hybridized carbons (Fsp3) is 0.538. The molecule has 1 atom stereocenters. The van der Waals surface area contributed by atoms with Crippen LogP contribution in [0.4, 0.5) is 0 Å². The van der Waals surface area contributed by atoms with Crippen LogP contribution in [0, 0.1) is 0 Å². The van der Waals surface area contributed by atoms with E-state index in [-0.39, 0.29) is 10.6 Å². The fourth-order valence-electron chi connectivity index (χ4n) is 4.29. The van der Waals surface area contributed by atoms with E-state index in [2.05, 4.69) is 81.4 Å². The lowest BCUT2D eigenvalue weighted by molar-refractivity contribution is 0.136. The minimum atomic E-state index is -2.55. The zero-order chi connectivity index (χ0) is 23.2. The van der Waals surface area contributed by atoms with Crippen molar-refractivity contribution in [3.05, 3.63) is 60.7 Å². The van der Waals surface area contributed by atoms with E-state index in [4.69, 9.17) is 8.95 Å². The Labute approximate surface area is 191 Å². The highest BCUT2D eigenvalue weighted by molar-refractivity contribution is 7.58. The van der Waals surface area contributed by atoms with E-state index >= 15 is 0 Å². The highest BCUT2D eigenvalue weighted by Gasteiger charge is 2.49. The molecule has 172 valence electrons. The Hall–Kier alpha value is -1.19. The summed E-state index contributed by atoms with van der Waals surface area (Å²) < 4.78 is 25.4. The molecule has 0 spiro atoms. The monoisotopic (exact) mass is 460 g/mol. The van der Waals surface area contributed by atoms with Crippen LogP contribution in [0.2, 0.25) is 5.04 Å². The predicted molar refractivity (Wildman–Crippen MR) is 137 cm³/mol. The second-order valence-electron chi connectivity index (χ2n) is 10.5. The SMILES string of the molecule is CC(C)(C)OP(C)(=O)CCCCCO[Si](c1ccccc1)(c1ccccc1)C(C)(C)C. The van der Waals surface area contributed by atoms with E-state index in [0.29, 0.717) is 12.8 Å². The van der Waals surface area contributed by atoms with Gasteiger partial charge < -0.3 is 8.95 Å². The van der Waals surface area contributed by atoms with Crippen molar-refractivity contribution in [2.75, 3.05) is 19.4 Å². The van der Waals surface area contributed by atoms with Crippen molar-refractivity contribution in [3.63, 3.8) is 0 Å². The maximum absolute atomic E-state index is 12.7. The molecule has 0 fully saturated rings. The molecule has 0 radical (unpaired) electrons. The van der Waals surface area contributed by atoms with Crippen LogP contribution in [-0.4, -0.2) is 33.4 Å². The summed E-state index contributed by atoms with van der Waals surface area (Å²) in [5, 5.41) is 2.62. The highest BCUT2D eigenvalue weighted by atomic mass is 31.2. The Kier molecular flexibility index (Phi) is 8.92. The normalized spacial score (nSPS) is 14.9. The molecule has 31 heavy (non-hydrogen) atoms. The summed E-state index contributed by atoms with van der Waals surface area (Å²) in [7, 11) is -5.01. The van der Waals surface area contributed by atoms with Crippen molar-refractivity contribution in [2.24, 2.45) is 0 Å². The molecule has 2 aromatic carbocycles. The van der Waals surface area contributed by atoms with Gasteiger partial charge in [-0.1, -0.05) is 87.9 Å². The van der Waals surface area contributed by atoms with Gasteiger partial charge in [0.25, 0.3) is 8.32 Å². The number of hydrogen-bond acceptors (Lipinski definition) is 3. The molecule has 0 heterocycles. The Balaban J connectivity index is 2.09. The second-order valence-corrected chi connectivity index (χ2v) is 17.5. The van der Waals surface area contributed by atoms with Gasteiger partial charge >= 0.3 is 0 Å². The molecule has 1 unspecified atom stereocenters. The number of rotatable bonds is 10. The van der Waals surface area contributed by atoms with Crippen molar-refractivity contribution in [1.82, 2.24) is 0 Å². The van der Waals surface area contributed by atoms with Gasteiger partial charge in [-0.25, -0.2) is 0 Å². The maximum Gasteiger partial charge on any atom is 0.261 e. The minimum Gasteiger partial charge on any atom is -0.407 e. The first-order chi connectivity index (χ1) is 14.4. The van der Waals surface area contributed by atoms with Gasteiger partial charge in [0.2, 0.25) is 7.37 Å². The molecular weight excluding hydrogens is 419 g/mol. The van der Waals surface area contributed by atoms with E-state index in [1.54, 1.807) is 6.66 Å². The van der Waals surface area contributed by atoms with Crippen LogP contribution in [-0.2, 0) is 13.5 Å². The largest absolute Gasteiger partial charge is 0.407 e. The van der Waals surface area contributed by atoms with Gasteiger partial charge in [0, 0.05) is 19.4 Å². The lowest BCUT2D eigenvalue weighted by Crippen LogP contribution is -2.66. The molecule has 0 saturated carbocycles. The van der Waals surface area contributed by atoms with Gasteiger partial charge in [-0.05, 0) is 49.0 Å². The molecule has 0 aliphatic heterocycles. The third-order valence-electron chi connectivity index (χ3n) is 5.41. The smallest absolute Gasteiger partial charge is 0.261 e. The summed E-state index contributed by atoms with van der Waals surface area (Å²) in [5.41, 5.74) is -0.364. The molecule has 2 rings (SSSR count). The Morgan fingerprint density at radius 2 is 1.26 bits per heavy atom. The van der Waals surface area contributed by atoms with Crippen LogP contribution in [0.5, 0.6) is 0 Å². The summed E-state index contributed by atoms with van der Waals surface area (Å²) in [4.78, 5) is 0. The van der Waals surface area contributed by atoms with Crippen LogP contribution < -0.4 is 10.4 Å². The fourth-order valence-corrected chi connectivity index (χ4v) is 10.9. The molecule has 0 amide bonds. The molecular formula is C26H41O3PSi. The maximum atomic E-state index is 12.7. The summed E-state index contributed by atoms with van der Waals surface area (Å²) in [5.74, 6) is 0. The quantitative estimate of drug-likeness (QED) is 0.232. The van der Waals surface area contributed by atoms with Gasteiger partial charge in [-0.15, -0.1) is 0 Å². The van der Waals surface area contributed by atoms with E-state index in [9.17, 15) is 4.57 Å². The highest BCUT2D eigenvalue weighted by Crippen LogP contribution is 2.47. The Morgan fingerprint density at radius 3 is 1.68 bits per heavy atom. The second kappa shape index (κ2) is 10.6. The average molecular weight is 461 g/mol. The van der Waals surface area contributed by atoms with Crippen LogP contribution >= 0.6 is 7.37 Å². The molecule has 2 aromatic rings. The van der Waals surface area contributed by atoms with Crippen LogP contribution in [0.25, 0.3) is 0 Å². The molecule has 5 heteroatoms. The molecule has 0 N–H and O–H groups in total. The van der Waals surface area contributed by atoms with E-state index in [1.165, 1.54) is 10.4 Å². The van der Waals surface area contributed by atoms with Gasteiger partial charge in [-0.3, -0.25) is 4.57 Å². The lowest BCUT2D eigenvalue weighted by Gasteiger charge is -2.43. The zero-order valence-corrected chi connectivity index (χ0v) is 22.4. The van der Waals surface area contributed by atoms with Gasteiger partial charge in [0.15, 0.2) is 0 Å². The van der Waals surface area contributed by atoms with Crippen LogP contribution in [0.15, 0.2) is 60.7 Å². The first kappa shape index (κ1) is 26.1. The molecule has 0 aliphatic carbocycles. The molecule has 3 nitrogen and oxygen atoms in total. The van der Waals surface area contributed by atoms with Gasteiger partial charge in [-0.2, -0.15) is 0 Å². The molecule has 0 aromatic heterocycles. The van der Waals surface area contributed by atoms with Crippen molar-refractivity contribution in [1.29, 1.82) is 0 Å². The summed E-state index contributed by atoms with van der Waals surface area (Å²) in [6.45, 7) is 15.3.